The van der Waals surface area contributed by atoms with Crippen LogP contribution in [0.25, 0.3) is 0 Å². The van der Waals surface area contributed by atoms with E-state index in [0.29, 0.717) is 5.92 Å². The van der Waals surface area contributed by atoms with Crippen molar-refractivity contribution < 1.29 is 8.78 Å². The molecule has 1 aromatic carbocycles. The number of nitrogens with one attached hydrogen (secondary N) is 1. The fraction of sp³-hybridized carbons (Fsp3) is 0.455. The van der Waals surface area contributed by atoms with Gasteiger partial charge in [0, 0.05) is 12.1 Å². The predicted molar refractivity (Wildman–Crippen MR) is 51.6 cm³/mol. The van der Waals surface area contributed by atoms with Crippen molar-refractivity contribution in [2.45, 2.75) is 18.8 Å². The summed E-state index contributed by atoms with van der Waals surface area (Å²) in [6, 6.07) is 6.69. The topological polar surface area (TPSA) is 12.0 Å². The second-order valence-electron chi connectivity index (χ2n) is 3.66. The number of hydrogen-bond acceptors (Lipinski definition) is 1. The zero-order valence-corrected chi connectivity index (χ0v) is 7.84. The lowest BCUT2D eigenvalue weighted by Gasteiger charge is -2.09. The lowest BCUT2D eigenvalue weighted by Crippen LogP contribution is -2.07. The highest BCUT2D eigenvalue weighted by Gasteiger charge is 2.16. The van der Waals surface area contributed by atoms with E-state index < -0.39 is 6.43 Å². The number of benzene rings is 1. The minimum atomic E-state index is -2.36. The molecule has 0 bridgehead atoms. The van der Waals surface area contributed by atoms with Gasteiger partial charge in [0.1, 0.15) is 0 Å². The first-order valence-corrected chi connectivity index (χ1v) is 4.86. The molecule has 0 spiro atoms. The van der Waals surface area contributed by atoms with Crippen LogP contribution in [0.3, 0.4) is 0 Å². The highest BCUT2D eigenvalue weighted by Crippen LogP contribution is 2.25. The molecular formula is C11H13F2N. The molecule has 3 heteroatoms. The fourth-order valence-electron chi connectivity index (χ4n) is 1.85. The third-order valence-corrected chi connectivity index (χ3v) is 2.72. The van der Waals surface area contributed by atoms with E-state index in [1.807, 2.05) is 12.1 Å². The molecule has 76 valence electrons. The van der Waals surface area contributed by atoms with Gasteiger partial charge < -0.3 is 5.32 Å². The summed E-state index contributed by atoms with van der Waals surface area (Å²) < 4.78 is 24.5. The van der Waals surface area contributed by atoms with Gasteiger partial charge in [-0.05, 0) is 24.4 Å². The van der Waals surface area contributed by atoms with Gasteiger partial charge >= 0.3 is 0 Å². The first kappa shape index (κ1) is 9.59. The zero-order chi connectivity index (χ0) is 9.97. The summed E-state index contributed by atoms with van der Waals surface area (Å²) >= 11 is 0. The Balaban J connectivity index is 2.12. The first-order chi connectivity index (χ1) is 6.77. The maximum Gasteiger partial charge on any atom is 0.263 e. The van der Waals surface area contributed by atoms with Crippen LogP contribution in [-0.4, -0.2) is 13.1 Å². The first-order valence-electron chi connectivity index (χ1n) is 4.86. The van der Waals surface area contributed by atoms with Crippen LogP contribution in [0.15, 0.2) is 24.3 Å². The summed E-state index contributed by atoms with van der Waals surface area (Å²) in [6.45, 7) is 2.00. The molecule has 14 heavy (non-hydrogen) atoms. The van der Waals surface area contributed by atoms with Crippen LogP contribution in [-0.2, 0) is 0 Å². The summed E-state index contributed by atoms with van der Waals surface area (Å²) in [5, 5.41) is 3.26. The van der Waals surface area contributed by atoms with E-state index in [2.05, 4.69) is 5.32 Å². The van der Waals surface area contributed by atoms with Gasteiger partial charge in [-0.2, -0.15) is 0 Å². The highest BCUT2D eigenvalue weighted by atomic mass is 19.3. The molecule has 1 fully saturated rings. The van der Waals surface area contributed by atoms with Crippen LogP contribution in [0, 0.1) is 0 Å². The lowest BCUT2D eigenvalue weighted by molar-refractivity contribution is 0.151. The highest BCUT2D eigenvalue weighted by molar-refractivity contribution is 5.26. The van der Waals surface area contributed by atoms with Crippen LogP contribution in [0.2, 0.25) is 0 Å². The van der Waals surface area contributed by atoms with Crippen molar-refractivity contribution in [1.82, 2.24) is 5.32 Å². The maximum absolute atomic E-state index is 12.3. The number of hydrogen-bond donors (Lipinski definition) is 1. The van der Waals surface area contributed by atoms with Gasteiger partial charge in [-0.15, -0.1) is 0 Å². The smallest absolute Gasteiger partial charge is 0.263 e. The number of rotatable bonds is 2. The normalized spacial score (nSPS) is 21.8. The molecule has 0 radical (unpaired) electrons. The molecule has 1 nitrogen and oxygen atoms in total. The van der Waals surface area contributed by atoms with Gasteiger partial charge in [0.05, 0.1) is 0 Å². The van der Waals surface area contributed by atoms with Crippen molar-refractivity contribution in [2.75, 3.05) is 13.1 Å². The molecular weight excluding hydrogens is 184 g/mol. The quantitative estimate of drug-likeness (QED) is 0.768. The van der Waals surface area contributed by atoms with E-state index in [1.54, 1.807) is 0 Å². The van der Waals surface area contributed by atoms with Crippen LogP contribution in [0.5, 0.6) is 0 Å². The van der Waals surface area contributed by atoms with Gasteiger partial charge in [0.2, 0.25) is 0 Å². The Bertz CT molecular complexity index is 289. The maximum atomic E-state index is 12.3. The number of alkyl halides is 2. The van der Waals surface area contributed by atoms with Crippen molar-refractivity contribution in [3.05, 3.63) is 35.4 Å². The molecule has 0 aromatic heterocycles. The SMILES string of the molecule is FC(F)c1ccc([C@@H]2CCNC2)cc1. The summed E-state index contributed by atoms with van der Waals surface area (Å²) in [5.41, 5.74) is 1.28. The van der Waals surface area contributed by atoms with E-state index in [9.17, 15) is 8.78 Å². The van der Waals surface area contributed by atoms with Crippen LogP contribution in [0.1, 0.15) is 29.9 Å². The van der Waals surface area contributed by atoms with Gasteiger partial charge in [-0.25, -0.2) is 8.78 Å². The van der Waals surface area contributed by atoms with Crippen molar-refractivity contribution in [3.8, 4) is 0 Å². The standard InChI is InChI=1S/C11H13F2N/c12-11(13)9-3-1-8(2-4-9)10-5-6-14-7-10/h1-4,10-11,14H,5-7H2/t10-/m1/s1. The second kappa shape index (κ2) is 4.05. The van der Waals surface area contributed by atoms with E-state index in [-0.39, 0.29) is 5.56 Å². The second-order valence-corrected chi connectivity index (χ2v) is 3.66. The Kier molecular flexibility index (Phi) is 2.77. The molecule has 2 rings (SSSR count). The lowest BCUT2D eigenvalue weighted by atomic mass is 9.97. The molecule has 0 saturated carbocycles. The largest absolute Gasteiger partial charge is 0.316 e. The summed E-state index contributed by atoms with van der Waals surface area (Å²) in [4.78, 5) is 0. The van der Waals surface area contributed by atoms with E-state index >= 15 is 0 Å². The Morgan fingerprint density at radius 2 is 1.93 bits per heavy atom. The minimum Gasteiger partial charge on any atom is -0.316 e. The van der Waals surface area contributed by atoms with Crippen LogP contribution < -0.4 is 5.32 Å². The average Bonchev–Trinajstić information content (AvgIpc) is 2.71. The van der Waals surface area contributed by atoms with Gasteiger partial charge in [0.25, 0.3) is 6.43 Å². The van der Waals surface area contributed by atoms with Gasteiger partial charge in [0.15, 0.2) is 0 Å². The van der Waals surface area contributed by atoms with E-state index in [0.717, 1.165) is 19.5 Å². The molecule has 1 heterocycles. The number of halogens is 2. The molecule has 1 aliphatic rings. The predicted octanol–water partition coefficient (Wildman–Crippen LogP) is 2.70. The molecule has 1 N–H and O–H groups in total. The Morgan fingerprint density at radius 3 is 2.43 bits per heavy atom. The average molecular weight is 197 g/mol. The summed E-state index contributed by atoms with van der Waals surface area (Å²) in [7, 11) is 0. The third kappa shape index (κ3) is 1.93. The van der Waals surface area contributed by atoms with Crippen molar-refractivity contribution in [3.63, 3.8) is 0 Å². The Hall–Kier alpha value is -0.960. The van der Waals surface area contributed by atoms with E-state index in [4.69, 9.17) is 0 Å². The van der Waals surface area contributed by atoms with Gasteiger partial charge in [-0.3, -0.25) is 0 Å². The summed E-state index contributed by atoms with van der Waals surface area (Å²) in [5.74, 6) is 0.502. The fourth-order valence-corrected chi connectivity index (χ4v) is 1.85. The molecule has 1 saturated heterocycles. The minimum absolute atomic E-state index is 0.111. The van der Waals surface area contributed by atoms with E-state index in [1.165, 1.54) is 17.7 Å². The Morgan fingerprint density at radius 1 is 1.21 bits per heavy atom. The summed E-state index contributed by atoms with van der Waals surface area (Å²) in [6.07, 6.45) is -1.25. The van der Waals surface area contributed by atoms with Crippen LogP contribution >= 0.6 is 0 Å². The molecule has 1 aromatic rings. The molecule has 0 amide bonds. The van der Waals surface area contributed by atoms with Crippen molar-refractivity contribution in [2.24, 2.45) is 0 Å². The molecule has 1 aliphatic heterocycles. The van der Waals surface area contributed by atoms with Gasteiger partial charge in [-0.1, -0.05) is 24.3 Å². The molecule has 1 atom stereocenters. The molecule has 0 aliphatic carbocycles. The Labute approximate surface area is 82.1 Å². The molecule has 0 unspecified atom stereocenters. The third-order valence-electron chi connectivity index (χ3n) is 2.72. The van der Waals surface area contributed by atoms with Crippen molar-refractivity contribution >= 4 is 0 Å². The monoisotopic (exact) mass is 197 g/mol. The zero-order valence-electron chi connectivity index (χ0n) is 7.84. The van der Waals surface area contributed by atoms with Crippen molar-refractivity contribution in [1.29, 1.82) is 0 Å². The van der Waals surface area contributed by atoms with Crippen LogP contribution in [0.4, 0.5) is 8.78 Å².